The number of hydrogen-bond acceptors (Lipinski definition) is 4. The maximum atomic E-state index is 12.7. The lowest BCUT2D eigenvalue weighted by molar-refractivity contribution is -0.118. The molecule has 7 heteroatoms. The number of halogens is 2. The van der Waals surface area contributed by atoms with Gasteiger partial charge in [0, 0.05) is 11.1 Å². The van der Waals surface area contributed by atoms with Gasteiger partial charge < -0.3 is 14.3 Å². The van der Waals surface area contributed by atoms with E-state index in [9.17, 15) is 4.79 Å². The zero-order valence-corrected chi connectivity index (χ0v) is 13.9. The Morgan fingerprint density at radius 2 is 2.00 bits per heavy atom. The topological polar surface area (TPSA) is 68.3 Å². The summed E-state index contributed by atoms with van der Waals surface area (Å²) in [7, 11) is 0. The Morgan fingerprint density at radius 3 is 2.71 bits per heavy atom. The van der Waals surface area contributed by atoms with Crippen molar-refractivity contribution in [1.82, 2.24) is 5.16 Å². The van der Waals surface area contributed by atoms with Crippen LogP contribution in [0, 0.1) is 0 Å². The lowest BCUT2D eigenvalue weighted by Gasteiger charge is -2.13. The molecule has 3 aromatic rings. The zero-order valence-electron chi connectivity index (χ0n) is 12.4. The van der Waals surface area contributed by atoms with Gasteiger partial charge in [0.25, 0.3) is 0 Å². The Kier molecular flexibility index (Phi) is 3.62. The molecule has 0 spiro atoms. The second-order valence-electron chi connectivity index (χ2n) is 5.71. The number of nitrogens with zero attached hydrogens (tertiary/aromatic N) is 1. The number of carbonyl (C=O) groups is 1. The number of hydrogen-bond donors (Lipinski definition) is 1. The van der Waals surface area contributed by atoms with Gasteiger partial charge in [-0.15, -0.1) is 0 Å². The Hall–Kier alpha value is -2.24. The van der Waals surface area contributed by atoms with Gasteiger partial charge in [-0.1, -0.05) is 28.4 Å². The molecule has 2 aromatic heterocycles. The maximum Gasteiger partial charge on any atom is 0.236 e. The minimum atomic E-state index is -0.694. The van der Waals surface area contributed by atoms with Crippen molar-refractivity contribution >= 4 is 34.8 Å². The van der Waals surface area contributed by atoms with Gasteiger partial charge in [-0.05, 0) is 43.2 Å². The van der Waals surface area contributed by atoms with Crippen molar-refractivity contribution < 1.29 is 13.7 Å². The molecule has 4 rings (SSSR count). The number of furan rings is 1. The minimum absolute atomic E-state index is 0.175. The first kappa shape index (κ1) is 15.3. The molecule has 0 aliphatic heterocycles. The highest BCUT2D eigenvalue weighted by Crippen LogP contribution is 2.49. The summed E-state index contributed by atoms with van der Waals surface area (Å²) in [4.78, 5) is 12.7. The van der Waals surface area contributed by atoms with Crippen LogP contribution in [-0.4, -0.2) is 11.1 Å². The van der Waals surface area contributed by atoms with Gasteiger partial charge in [0.05, 0.1) is 28.1 Å². The molecule has 1 saturated carbocycles. The van der Waals surface area contributed by atoms with E-state index >= 15 is 0 Å². The summed E-state index contributed by atoms with van der Waals surface area (Å²) in [5.41, 5.74) is 0.375. The molecule has 1 aliphatic rings. The zero-order chi connectivity index (χ0) is 16.7. The van der Waals surface area contributed by atoms with E-state index in [4.69, 9.17) is 32.1 Å². The number of aromatic nitrogens is 1. The first-order valence-corrected chi connectivity index (χ1v) is 8.12. The summed E-state index contributed by atoms with van der Waals surface area (Å²) in [6.45, 7) is 0. The predicted octanol–water partition coefficient (Wildman–Crippen LogP) is 4.91. The largest absolute Gasteiger partial charge is 0.461 e. The molecule has 0 bridgehead atoms. The third-order valence-electron chi connectivity index (χ3n) is 4.13. The van der Waals surface area contributed by atoms with E-state index in [0.29, 0.717) is 45.8 Å². The fourth-order valence-corrected chi connectivity index (χ4v) is 2.93. The molecule has 1 N–H and O–H groups in total. The predicted molar refractivity (Wildman–Crippen MR) is 90.2 cm³/mol. The summed E-state index contributed by atoms with van der Waals surface area (Å²) < 4.78 is 10.6. The van der Waals surface area contributed by atoms with Crippen LogP contribution >= 0.6 is 23.2 Å². The number of rotatable bonds is 4. The van der Waals surface area contributed by atoms with Crippen LogP contribution in [0.3, 0.4) is 0 Å². The van der Waals surface area contributed by atoms with E-state index in [-0.39, 0.29) is 5.91 Å². The molecule has 0 saturated heterocycles. The summed E-state index contributed by atoms with van der Waals surface area (Å²) in [6, 6.07) is 10.2. The third-order valence-corrected chi connectivity index (χ3v) is 4.69. The van der Waals surface area contributed by atoms with Crippen molar-refractivity contribution in [3.05, 3.63) is 58.4 Å². The van der Waals surface area contributed by atoms with E-state index in [1.807, 2.05) is 0 Å². The van der Waals surface area contributed by atoms with Gasteiger partial charge >= 0.3 is 0 Å². The fraction of sp³-hybridized carbons (Fsp3) is 0.176. The first-order valence-electron chi connectivity index (χ1n) is 7.36. The van der Waals surface area contributed by atoms with Crippen LogP contribution in [-0.2, 0) is 10.2 Å². The van der Waals surface area contributed by atoms with Gasteiger partial charge in [0.1, 0.15) is 0 Å². The summed E-state index contributed by atoms with van der Waals surface area (Å²) in [5.74, 6) is 0.892. The van der Waals surface area contributed by atoms with Crippen LogP contribution in [0.4, 0.5) is 5.69 Å². The van der Waals surface area contributed by atoms with Crippen molar-refractivity contribution in [3.63, 3.8) is 0 Å². The molecule has 0 radical (unpaired) electrons. The average molecular weight is 363 g/mol. The van der Waals surface area contributed by atoms with E-state index < -0.39 is 5.41 Å². The third kappa shape index (κ3) is 2.60. The monoisotopic (exact) mass is 362 g/mol. The summed E-state index contributed by atoms with van der Waals surface area (Å²) in [5, 5.41) is 7.82. The van der Waals surface area contributed by atoms with E-state index in [1.165, 1.54) is 0 Å². The van der Waals surface area contributed by atoms with Crippen LogP contribution < -0.4 is 5.32 Å². The fourth-order valence-electron chi connectivity index (χ4n) is 2.60. The quantitative estimate of drug-likeness (QED) is 0.715. The average Bonchev–Trinajstić information content (AvgIpc) is 3.00. The number of nitrogens with one attached hydrogen (secondary N) is 1. The highest BCUT2D eigenvalue weighted by molar-refractivity contribution is 6.35. The molecule has 1 amide bonds. The van der Waals surface area contributed by atoms with Crippen LogP contribution in [0.15, 0.2) is 51.6 Å². The summed E-state index contributed by atoms with van der Waals surface area (Å²) in [6.07, 6.45) is 2.95. The Labute approximate surface area is 147 Å². The van der Waals surface area contributed by atoms with Crippen LogP contribution in [0.25, 0.3) is 11.5 Å². The van der Waals surface area contributed by atoms with Gasteiger partial charge in [-0.3, -0.25) is 4.79 Å². The second-order valence-corrected chi connectivity index (χ2v) is 6.56. The van der Waals surface area contributed by atoms with Gasteiger partial charge in [-0.25, -0.2) is 0 Å². The van der Waals surface area contributed by atoms with Crippen molar-refractivity contribution in [3.8, 4) is 11.5 Å². The molecule has 0 atom stereocenters. The SMILES string of the molecule is O=C(Nc1cc(Cl)ccc1Cl)C1(c2cc(-c3ccco3)on2)CC1. The number of benzene rings is 1. The molecule has 1 fully saturated rings. The van der Waals surface area contributed by atoms with Crippen molar-refractivity contribution in [2.24, 2.45) is 0 Å². The second kappa shape index (κ2) is 5.69. The molecule has 2 heterocycles. The Bertz CT molecular complexity index is 898. The van der Waals surface area contributed by atoms with Crippen molar-refractivity contribution in [2.75, 3.05) is 5.32 Å². The molecular weight excluding hydrogens is 351 g/mol. The Balaban J connectivity index is 1.59. The van der Waals surface area contributed by atoms with Gasteiger partial charge in [-0.2, -0.15) is 0 Å². The van der Waals surface area contributed by atoms with Gasteiger partial charge in [0.2, 0.25) is 11.7 Å². The maximum absolute atomic E-state index is 12.7. The van der Waals surface area contributed by atoms with E-state index in [1.54, 1.807) is 42.7 Å². The van der Waals surface area contributed by atoms with Crippen LogP contribution in [0.1, 0.15) is 18.5 Å². The molecule has 0 unspecified atom stereocenters. The molecular formula is C17H12Cl2N2O3. The van der Waals surface area contributed by atoms with Crippen LogP contribution in [0.5, 0.6) is 0 Å². The van der Waals surface area contributed by atoms with E-state index in [2.05, 4.69) is 10.5 Å². The number of amides is 1. The molecule has 24 heavy (non-hydrogen) atoms. The standard InChI is InChI=1S/C17H12Cl2N2O3/c18-10-3-4-11(19)12(8-10)20-16(22)17(5-6-17)15-9-14(24-21-15)13-2-1-7-23-13/h1-4,7-9H,5-6H2,(H,20,22). The number of carbonyl (C=O) groups excluding carboxylic acids is 1. The smallest absolute Gasteiger partial charge is 0.236 e. The molecule has 1 aromatic carbocycles. The van der Waals surface area contributed by atoms with Crippen molar-refractivity contribution in [1.29, 1.82) is 0 Å². The van der Waals surface area contributed by atoms with Crippen molar-refractivity contribution in [2.45, 2.75) is 18.3 Å². The summed E-state index contributed by atoms with van der Waals surface area (Å²) >= 11 is 12.1. The van der Waals surface area contributed by atoms with E-state index in [0.717, 1.165) is 0 Å². The molecule has 122 valence electrons. The highest BCUT2D eigenvalue weighted by atomic mass is 35.5. The minimum Gasteiger partial charge on any atom is -0.461 e. The molecule has 1 aliphatic carbocycles. The normalized spacial score (nSPS) is 15.2. The lowest BCUT2D eigenvalue weighted by Crippen LogP contribution is -2.28. The Morgan fingerprint density at radius 1 is 1.17 bits per heavy atom. The van der Waals surface area contributed by atoms with Crippen LogP contribution in [0.2, 0.25) is 10.0 Å². The molecule has 5 nitrogen and oxygen atoms in total. The highest BCUT2D eigenvalue weighted by Gasteiger charge is 2.54. The number of anilines is 1. The van der Waals surface area contributed by atoms with Gasteiger partial charge in [0.15, 0.2) is 5.76 Å². The lowest BCUT2D eigenvalue weighted by atomic mass is 10.0. The first-order chi connectivity index (χ1) is 11.6.